The maximum absolute atomic E-state index is 12.1. The molecule has 5 nitrogen and oxygen atoms in total. The monoisotopic (exact) mass is 368 g/mol. The van der Waals surface area contributed by atoms with Crippen LogP contribution in [0.15, 0.2) is 54.6 Å². The minimum Gasteiger partial charge on any atom is -0.332 e. The molecular formula is C22H30N3O2+. The molecule has 4 N–H and O–H groups in total. The SMILES string of the molecule is CC(C)c1ccc([C@@H]([NH2+]CC(=O)NNC(=O)c2ccccc2)C(C)C)cc1. The normalized spacial score (nSPS) is 12.1. The smallest absolute Gasteiger partial charge is 0.293 e. The maximum Gasteiger partial charge on any atom is 0.293 e. The van der Waals surface area contributed by atoms with Crippen LogP contribution in [0.4, 0.5) is 0 Å². The molecule has 0 radical (unpaired) electrons. The first-order valence-corrected chi connectivity index (χ1v) is 9.46. The topological polar surface area (TPSA) is 74.8 Å². The Hall–Kier alpha value is -2.66. The first-order chi connectivity index (χ1) is 12.9. The van der Waals surface area contributed by atoms with Crippen molar-refractivity contribution in [3.63, 3.8) is 0 Å². The Morgan fingerprint density at radius 2 is 1.44 bits per heavy atom. The summed E-state index contributed by atoms with van der Waals surface area (Å²) in [6.07, 6.45) is 0. The first-order valence-electron chi connectivity index (χ1n) is 9.46. The van der Waals surface area contributed by atoms with Crippen molar-refractivity contribution in [2.75, 3.05) is 6.54 Å². The predicted molar refractivity (Wildman–Crippen MR) is 107 cm³/mol. The molecular weight excluding hydrogens is 338 g/mol. The zero-order valence-corrected chi connectivity index (χ0v) is 16.5. The number of nitrogens with two attached hydrogens (primary N) is 1. The Balaban J connectivity index is 1.88. The fourth-order valence-corrected chi connectivity index (χ4v) is 2.97. The van der Waals surface area contributed by atoms with Crippen LogP contribution < -0.4 is 16.2 Å². The molecule has 2 aromatic carbocycles. The standard InChI is InChI=1S/C22H29N3O2/c1-15(2)17-10-12-18(13-11-17)21(16(3)4)23-14-20(26)24-25-22(27)19-8-6-5-7-9-19/h5-13,15-16,21,23H,14H2,1-4H3,(H,24,26)(H,25,27)/p+1/t21-/m0/s1. The number of carbonyl (C=O) groups is 2. The molecule has 0 heterocycles. The minimum atomic E-state index is -0.325. The van der Waals surface area contributed by atoms with E-state index in [4.69, 9.17) is 0 Å². The van der Waals surface area contributed by atoms with Gasteiger partial charge >= 0.3 is 0 Å². The van der Waals surface area contributed by atoms with Gasteiger partial charge in [-0.05, 0) is 23.6 Å². The third kappa shape index (κ3) is 6.22. The van der Waals surface area contributed by atoms with Crippen LogP contribution in [0.2, 0.25) is 0 Å². The summed E-state index contributed by atoms with van der Waals surface area (Å²) in [4.78, 5) is 24.1. The zero-order chi connectivity index (χ0) is 19.8. The van der Waals surface area contributed by atoms with E-state index in [1.54, 1.807) is 24.3 Å². The van der Waals surface area contributed by atoms with Crippen LogP contribution in [0.3, 0.4) is 0 Å². The summed E-state index contributed by atoms with van der Waals surface area (Å²) in [5.41, 5.74) is 7.95. The summed E-state index contributed by atoms with van der Waals surface area (Å²) in [6.45, 7) is 8.88. The second-order valence-electron chi connectivity index (χ2n) is 7.40. The van der Waals surface area contributed by atoms with Gasteiger partial charge in [0.1, 0.15) is 6.04 Å². The fraction of sp³-hybridized carbons (Fsp3) is 0.364. The Bertz CT molecular complexity index is 740. The number of hydrogen-bond acceptors (Lipinski definition) is 2. The zero-order valence-electron chi connectivity index (χ0n) is 16.5. The van der Waals surface area contributed by atoms with Crippen LogP contribution in [-0.4, -0.2) is 18.4 Å². The van der Waals surface area contributed by atoms with Gasteiger partial charge in [0.05, 0.1) is 0 Å². The number of hydrogen-bond donors (Lipinski definition) is 3. The molecule has 0 aliphatic heterocycles. The summed E-state index contributed by atoms with van der Waals surface area (Å²) in [5, 5.41) is 2.01. The molecule has 0 spiro atoms. The highest BCUT2D eigenvalue weighted by Gasteiger charge is 2.20. The Kier molecular flexibility index (Phi) is 7.55. The highest BCUT2D eigenvalue weighted by atomic mass is 16.2. The molecule has 0 unspecified atom stereocenters. The molecule has 0 bridgehead atoms. The van der Waals surface area contributed by atoms with Crippen molar-refractivity contribution in [1.82, 2.24) is 10.9 Å². The van der Waals surface area contributed by atoms with E-state index >= 15 is 0 Å². The van der Waals surface area contributed by atoms with E-state index in [0.717, 1.165) is 0 Å². The van der Waals surface area contributed by atoms with Crippen molar-refractivity contribution in [2.24, 2.45) is 5.92 Å². The minimum absolute atomic E-state index is 0.182. The lowest BCUT2D eigenvalue weighted by Crippen LogP contribution is -2.88. The number of quaternary nitrogens is 1. The van der Waals surface area contributed by atoms with Crippen LogP contribution >= 0.6 is 0 Å². The highest BCUT2D eigenvalue weighted by molar-refractivity contribution is 5.95. The summed E-state index contributed by atoms with van der Waals surface area (Å²) >= 11 is 0. The van der Waals surface area contributed by atoms with E-state index in [1.165, 1.54) is 11.1 Å². The van der Waals surface area contributed by atoms with Crippen molar-refractivity contribution >= 4 is 11.8 Å². The molecule has 0 fully saturated rings. The largest absolute Gasteiger partial charge is 0.332 e. The van der Waals surface area contributed by atoms with E-state index in [0.29, 0.717) is 17.4 Å². The summed E-state index contributed by atoms with van der Waals surface area (Å²) in [6, 6.07) is 17.6. The third-order valence-electron chi connectivity index (χ3n) is 4.61. The van der Waals surface area contributed by atoms with Gasteiger partial charge in [-0.1, -0.05) is 70.2 Å². The lowest BCUT2D eigenvalue weighted by Gasteiger charge is -2.20. The van der Waals surface area contributed by atoms with Gasteiger partial charge in [0, 0.05) is 17.0 Å². The van der Waals surface area contributed by atoms with Crippen molar-refractivity contribution in [3.8, 4) is 0 Å². The maximum atomic E-state index is 12.1. The molecule has 0 aliphatic rings. The fourth-order valence-electron chi connectivity index (χ4n) is 2.97. The number of carbonyl (C=O) groups excluding carboxylic acids is 2. The van der Waals surface area contributed by atoms with Gasteiger partial charge in [0.2, 0.25) is 0 Å². The Labute approximate surface area is 161 Å². The second-order valence-corrected chi connectivity index (χ2v) is 7.40. The van der Waals surface area contributed by atoms with E-state index < -0.39 is 0 Å². The van der Waals surface area contributed by atoms with Crippen molar-refractivity contribution in [2.45, 2.75) is 39.7 Å². The Morgan fingerprint density at radius 3 is 2.00 bits per heavy atom. The van der Waals surface area contributed by atoms with Crippen molar-refractivity contribution in [1.29, 1.82) is 0 Å². The predicted octanol–water partition coefficient (Wildman–Crippen LogP) is 2.53. The molecule has 0 saturated carbocycles. The van der Waals surface area contributed by atoms with Gasteiger partial charge in [-0.2, -0.15) is 0 Å². The quantitative estimate of drug-likeness (QED) is 0.657. The molecule has 27 heavy (non-hydrogen) atoms. The van der Waals surface area contributed by atoms with Crippen LogP contribution in [0.1, 0.15) is 61.1 Å². The number of amides is 2. The van der Waals surface area contributed by atoms with E-state index in [-0.39, 0.29) is 24.4 Å². The second kappa shape index (κ2) is 9.88. The molecule has 0 aromatic heterocycles. The molecule has 2 rings (SSSR count). The Morgan fingerprint density at radius 1 is 0.852 bits per heavy atom. The lowest BCUT2D eigenvalue weighted by atomic mass is 9.93. The third-order valence-corrected chi connectivity index (χ3v) is 4.61. The lowest BCUT2D eigenvalue weighted by molar-refractivity contribution is -0.692. The van der Waals surface area contributed by atoms with Crippen LogP contribution in [0.5, 0.6) is 0 Å². The average Bonchev–Trinajstić information content (AvgIpc) is 2.67. The van der Waals surface area contributed by atoms with Crippen molar-refractivity contribution < 1.29 is 14.9 Å². The summed E-state index contributed by atoms with van der Waals surface area (Å²) < 4.78 is 0. The number of rotatable bonds is 7. The molecule has 144 valence electrons. The number of hydrazine groups is 1. The van der Waals surface area contributed by atoms with E-state index in [9.17, 15) is 9.59 Å². The molecule has 0 saturated heterocycles. The first kappa shape index (κ1) is 20.6. The molecule has 2 amide bonds. The molecule has 5 heteroatoms. The van der Waals surface area contributed by atoms with Gasteiger partial charge in [-0.3, -0.25) is 20.4 Å². The average molecular weight is 369 g/mol. The number of nitrogens with one attached hydrogen (secondary N) is 2. The molecule has 2 aromatic rings. The van der Waals surface area contributed by atoms with Gasteiger partial charge in [0.25, 0.3) is 11.8 Å². The highest BCUT2D eigenvalue weighted by Crippen LogP contribution is 2.21. The van der Waals surface area contributed by atoms with E-state index in [1.807, 2.05) is 11.4 Å². The summed E-state index contributed by atoms with van der Waals surface area (Å²) in [5.74, 6) is 0.318. The van der Waals surface area contributed by atoms with Crippen LogP contribution in [0.25, 0.3) is 0 Å². The van der Waals surface area contributed by atoms with Gasteiger partial charge in [-0.25, -0.2) is 0 Å². The van der Waals surface area contributed by atoms with Crippen LogP contribution in [0, 0.1) is 5.92 Å². The number of benzene rings is 2. The van der Waals surface area contributed by atoms with E-state index in [2.05, 4.69) is 62.8 Å². The van der Waals surface area contributed by atoms with Gasteiger partial charge in [-0.15, -0.1) is 0 Å². The molecule has 1 atom stereocenters. The van der Waals surface area contributed by atoms with Gasteiger partial charge < -0.3 is 5.32 Å². The summed E-state index contributed by atoms with van der Waals surface area (Å²) in [7, 11) is 0. The van der Waals surface area contributed by atoms with Gasteiger partial charge in [0.15, 0.2) is 6.54 Å². The van der Waals surface area contributed by atoms with Crippen LogP contribution in [-0.2, 0) is 4.79 Å². The van der Waals surface area contributed by atoms with Crippen molar-refractivity contribution in [3.05, 3.63) is 71.3 Å². The molecule has 0 aliphatic carbocycles.